The summed E-state index contributed by atoms with van der Waals surface area (Å²) in [5.74, 6) is 0.999. The van der Waals surface area contributed by atoms with Crippen molar-refractivity contribution in [2.45, 2.75) is 64.2 Å². The number of carbonyl (C=O) groups is 2. The zero-order valence-electron chi connectivity index (χ0n) is 13.5. The highest BCUT2D eigenvalue weighted by molar-refractivity contribution is 5.86. The van der Waals surface area contributed by atoms with E-state index in [0.717, 1.165) is 38.5 Å². The second kappa shape index (κ2) is 6.76. The van der Waals surface area contributed by atoms with Crippen LogP contribution in [-0.4, -0.2) is 11.6 Å². The van der Waals surface area contributed by atoms with Crippen molar-refractivity contribution in [2.24, 2.45) is 11.8 Å². The fraction of sp³-hybridized carbons (Fsp3) is 0.600. The standard InChI is InChI=1S/C20H26O2/c1-14-10-12-15(13-11-14)20(16-6-2-4-8-18(16)21)17-7-3-5-9-19(17)22/h10-13,16-17,20H,2-9H2,1H3. The minimum atomic E-state index is 0.0588. The molecule has 2 fully saturated rings. The Bertz CT molecular complexity index is 515. The van der Waals surface area contributed by atoms with Crippen molar-refractivity contribution in [3.8, 4) is 0 Å². The van der Waals surface area contributed by atoms with Gasteiger partial charge in [-0.2, -0.15) is 0 Å². The molecule has 118 valence electrons. The van der Waals surface area contributed by atoms with Crippen LogP contribution in [0.1, 0.15) is 68.4 Å². The second-order valence-corrected chi connectivity index (χ2v) is 7.07. The summed E-state index contributed by atoms with van der Waals surface area (Å²) in [4.78, 5) is 25.0. The van der Waals surface area contributed by atoms with Crippen molar-refractivity contribution in [2.75, 3.05) is 0 Å². The van der Waals surface area contributed by atoms with Gasteiger partial charge in [0.05, 0.1) is 0 Å². The lowest BCUT2D eigenvalue weighted by molar-refractivity contribution is -0.129. The molecule has 2 heteroatoms. The van der Waals surface area contributed by atoms with E-state index in [1.807, 2.05) is 0 Å². The van der Waals surface area contributed by atoms with Crippen LogP contribution in [0.25, 0.3) is 0 Å². The molecule has 2 aliphatic rings. The molecule has 0 spiro atoms. The second-order valence-electron chi connectivity index (χ2n) is 7.07. The van der Waals surface area contributed by atoms with Crippen LogP contribution in [0, 0.1) is 18.8 Å². The SMILES string of the molecule is Cc1ccc(C(C2CCCCC2=O)C2CCCCC2=O)cc1. The fourth-order valence-corrected chi connectivity index (χ4v) is 4.31. The summed E-state index contributed by atoms with van der Waals surface area (Å²) in [5.41, 5.74) is 2.43. The molecule has 0 N–H and O–H groups in total. The van der Waals surface area contributed by atoms with Gasteiger partial charge in [0, 0.05) is 30.6 Å². The van der Waals surface area contributed by atoms with Crippen molar-refractivity contribution < 1.29 is 9.59 Å². The average molecular weight is 298 g/mol. The highest BCUT2D eigenvalue weighted by Crippen LogP contribution is 2.43. The molecule has 0 radical (unpaired) electrons. The number of rotatable bonds is 3. The first-order valence-corrected chi connectivity index (χ1v) is 8.79. The smallest absolute Gasteiger partial charge is 0.136 e. The minimum Gasteiger partial charge on any atom is -0.299 e. The Morgan fingerprint density at radius 1 is 0.818 bits per heavy atom. The molecule has 2 unspecified atom stereocenters. The van der Waals surface area contributed by atoms with Gasteiger partial charge in [0.15, 0.2) is 0 Å². The first-order chi connectivity index (χ1) is 10.7. The third kappa shape index (κ3) is 3.16. The largest absolute Gasteiger partial charge is 0.299 e. The van der Waals surface area contributed by atoms with Crippen LogP contribution in [0.2, 0.25) is 0 Å². The van der Waals surface area contributed by atoms with Gasteiger partial charge in [0.1, 0.15) is 11.6 Å². The summed E-state index contributed by atoms with van der Waals surface area (Å²) < 4.78 is 0. The third-order valence-corrected chi connectivity index (χ3v) is 5.53. The van der Waals surface area contributed by atoms with Crippen LogP contribution in [-0.2, 0) is 9.59 Å². The van der Waals surface area contributed by atoms with Gasteiger partial charge >= 0.3 is 0 Å². The molecule has 2 nitrogen and oxygen atoms in total. The van der Waals surface area contributed by atoms with Crippen LogP contribution >= 0.6 is 0 Å². The predicted octanol–water partition coefficient (Wildman–Crippen LogP) is 4.60. The summed E-state index contributed by atoms with van der Waals surface area (Å²) in [6.07, 6.45) is 7.62. The van der Waals surface area contributed by atoms with Gasteiger partial charge in [-0.3, -0.25) is 9.59 Å². The zero-order chi connectivity index (χ0) is 15.5. The molecule has 2 aliphatic carbocycles. The van der Waals surface area contributed by atoms with Crippen molar-refractivity contribution >= 4 is 11.6 Å². The highest BCUT2D eigenvalue weighted by atomic mass is 16.1. The predicted molar refractivity (Wildman–Crippen MR) is 87.9 cm³/mol. The summed E-state index contributed by atoms with van der Waals surface area (Å²) in [7, 11) is 0. The molecule has 22 heavy (non-hydrogen) atoms. The zero-order valence-corrected chi connectivity index (χ0v) is 13.5. The van der Waals surface area contributed by atoms with E-state index in [2.05, 4.69) is 31.2 Å². The fourth-order valence-electron chi connectivity index (χ4n) is 4.31. The molecular formula is C20H26O2. The van der Waals surface area contributed by atoms with E-state index in [4.69, 9.17) is 0 Å². The van der Waals surface area contributed by atoms with Gasteiger partial charge in [-0.1, -0.05) is 42.7 Å². The maximum Gasteiger partial charge on any atom is 0.136 e. The molecule has 0 amide bonds. The van der Waals surface area contributed by atoms with E-state index in [0.29, 0.717) is 24.4 Å². The van der Waals surface area contributed by atoms with Crippen LogP contribution in [0.3, 0.4) is 0 Å². The monoisotopic (exact) mass is 298 g/mol. The maximum atomic E-state index is 12.5. The Morgan fingerprint density at radius 2 is 1.32 bits per heavy atom. The quantitative estimate of drug-likeness (QED) is 0.817. The number of carbonyl (C=O) groups excluding carboxylic acids is 2. The van der Waals surface area contributed by atoms with E-state index in [1.165, 1.54) is 11.1 Å². The van der Waals surface area contributed by atoms with Crippen molar-refractivity contribution in [1.82, 2.24) is 0 Å². The highest BCUT2D eigenvalue weighted by Gasteiger charge is 2.39. The molecule has 1 aromatic carbocycles. The normalized spacial score (nSPS) is 27.7. The van der Waals surface area contributed by atoms with Crippen molar-refractivity contribution in [3.05, 3.63) is 35.4 Å². The molecule has 2 saturated carbocycles. The summed E-state index contributed by atoms with van der Waals surface area (Å²) >= 11 is 0. The molecule has 0 saturated heterocycles. The van der Waals surface area contributed by atoms with Crippen LogP contribution in [0.5, 0.6) is 0 Å². The third-order valence-electron chi connectivity index (χ3n) is 5.53. The number of benzene rings is 1. The Labute approximate surface area is 133 Å². The summed E-state index contributed by atoms with van der Waals surface area (Å²) in [5, 5.41) is 0. The molecule has 3 rings (SSSR count). The Hall–Kier alpha value is -1.44. The van der Waals surface area contributed by atoms with E-state index >= 15 is 0 Å². The first kappa shape index (κ1) is 15.5. The number of hydrogen-bond acceptors (Lipinski definition) is 2. The van der Waals surface area contributed by atoms with Crippen LogP contribution < -0.4 is 0 Å². The Morgan fingerprint density at radius 3 is 1.77 bits per heavy atom. The summed E-state index contributed by atoms with van der Waals surface area (Å²) in [6, 6.07) is 8.51. The Kier molecular flexibility index (Phi) is 4.75. The molecule has 2 atom stereocenters. The molecular weight excluding hydrogens is 272 g/mol. The lowest BCUT2D eigenvalue weighted by Crippen LogP contribution is -2.35. The van der Waals surface area contributed by atoms with Gasteiger partial charge in [0.2, 0.25) is 0 Å². The molecule has 0 aromatic heterocycles. The molecule has 0 heterocycles. The van der Waals surface area contributed by atoms with Crippen LogP contribution in [0.15, 0.2) is 24.3 Å². The molecule has 0 bridgehead atoms. The van der Waals surface area contributed by atoms with E-state index in [1.54, 1.807) is 0 Å². The van der Waals surface area contributed by atoms with Gasteiger partial charge in [-0.15, -0.1) is 0 Å². The lowest BCUT2D eigenvalue weighted by atomic mass is 9.66. The first-order valence-electron chi connectivity index (χ1n) is 8.79. The van der Waals surface area contributed by atoms with Gasteiger partial charge < -0.3 is 0 Å². The van der Waals surface area contributed by atoms with Gasteiger partial charge in [0.25, 0.3) is 0 Å². The van der Waals surface area contributed by atoms with Crippen LogP contribution in [0.4, 0.5) is 0 Å². The molecule has 1 aromatic rings. The van der Waals surface area contributed by atoms with E-state index in [-0.39, 0.29) is 17.8 Å². The van der Waals surface area contributed by atoms with Crippen molar-refractivity contribution in [3.63, 3.8) is 0 Å². The minimum absolute atomic E-state index is 0.0588. The number of ketones is 2. The Balaban J connectivity index is 1.95. The maximum absolute atomic E-state index is 12.5. The van der Waals surface area contributed by atoms with E-state index < -0.39 is 0 Å². The number of hydrogen-bond donors (Lipinski definition) is 0. The average Bonchev–Trinajstić information content (AvgIpc) is 2.53. The number of Topliss-reactive ketones (excluding diaryl/α,β-unsaturated/α-hetero) is 2. The summed E-state index contributed by atoms with van der Waals surface area (Å²) in [6.45, 7) is 2.08. The van der Waals surface area contributed by atoms with Gasteiger partial charge in [-0.05, 0) is 38.2 Å². The molecule has 0 aliphatic heterocycles. The topological polar surface area (TPSA) is 34.1 Å². The van der Waals surface area contributed by atoms with Crippen molar-refractivity contribution in [1.29, 1.82) is 0 Å². The van der Waals surface area contributed by atoms with E-state index in [9.17, 15) is 9.59 Å². The van der Waals surface area contributed by atoms with Gasteiger partial charge in [-0.25, -0.2) is 0 Å². The lowest BCUT2D eigenvalue weighted by Gasteiger charge is -2.36. The number of aryl methyl sites for hydroxylation is 1.